The first-order chi connectivity index (χ1) is 10.2. The van der Waals surface area contributed by atoms with Crippen molar-refractivity contribution in [2.75, 3.05) is 6.54 Å². The van der Waals surface area contributed by atoms with Crippen LogP contribution in [0.25, 0.3) is 0 Å². The lowest BCUT2D eigenvalue weighted by atomic mass is 10.1. The van der Waals surface area contributed by atoms with Gasteiger partial charge in [-0.05, 0) is 43.1 Å². The van der Waals surface area contributed by atoms with Crippen LogP contribution in [0.2, 0.25) is 0 Å². The highest BCUT2D eigenvalue weighted by molar-refractivity contribution is 7.71. The topological polar surface area (TPSA) is 75.6 Å². The van der Waals surface area contributed by atoms with Gasteiger partial charge in [0, 0.05) is 31.4 Å². The zero-order valence-electron chi connectivity index (χ0n) is 11.7. The Hall–Kier alpha value is -2.02. The van der Waals surface area contributed by atoms with Gasteiger partial charge in [-0.2, -0.15) is 5.10 Å². The molecule has 110 valence electrons. The number of carbonyl (C=O) groups is 1. The Kier molecular flexibility index (Phi) is 3.83. The molecule has 7 heteroatoms. The molecule has 1 saturated carbocycles. The Bertz CT molecular complexity index is 693. The van der Waals surface area contributed by atoms with Gasteiger partial charge in [0.05, 0.1) is 0 Å². The van der Waals surface area contributed by atoms with E-state index < -0.39 is 0 Å². The fraction of sp³-hybridized carbons (Fsp3) is 0.429. The largest absolute Gasteiger partial charge is 0.354 e. The molecule has 1 amide bonds. The Labute approximate surface area is 127 Å². The normalized spacial score (nSPS) is 20.2. The van der Waals surface area contributed by atoms with E-state index in [0.29, 0.717) is 23.8 Å². The molecule has 2 aromatic rings. The number of nitrogens with zero attached hydrogens (tertiary/aromatic N) is 3. The van der Waals surface area contributed by atoms with Crippen molar-refractivity contribution in [3.8, 4) is 0 Å². The van der Waals surface area contributed by atoms with E-state index in [1.807, 2.05) is 29.8 Å². The maximum atomic E-state index is 12.1. The smallest absolute Gasteiger partial charge is 0.223 e. The number of nitrogens with one attached hydrogen (secondary N) is 2. The van der Waals surface area contributed by atoms with Gasteiger partial charge in [0.2, 0.25) is 5.91 Å². The molecule has 0 saturated heterocycles. The average Bonchev–Trinajstić information content (AvgIpc) is 3.24. The minimum Gasteiger partial charge on any atom is -0.354 e. The first-order valence-corrected chi connectivity index (χ1v) is 7.37. The van der Waals surface area contributed by atoms with Crippen LogP contribution in [0.3, 0.4) is 0 Å². The van der Waals surface area contributed by atoms with E-state index in [2.05, 4.69) is 20.5 Å². The third-order valence-electron chi connectivity index (χ3n) is 3.82. The first-order valence-electron chi connectivity index (χ1n) is 6.96. The number of aromatic nitrogens is 4. The third kappa shape index (κ3) is 3.02. The lowest BCUT2D eigenvalue weighted by molar-refractivity contribution is -0.122. The molecule has 2 N–H and O–H groups in total. The summed E-state index contributed by atoms with van der Waals surface area (Å²) < 4.78 is 2.46. The standard InChI is InChI=1S/C14H17N5OS/c1-9-17-18-14(21)19(9)6-5-16-13(20)12-7-11(12)10-3-2-4-15-8-10/h2-4,8,11-12H,5-7H2,1H3,(H,16,20)(H,18,21)/t11-,12-/m0/s1. The summed E-state index contributed by atoms with van der Waals surface area (Å²) >= 11 is 5.12. The van der Waals surface area contributed by atoms with E-state index in [1.54, 1.807) is 6.20 Å². The van der Waals surface area contributed by atoms with E-state index in [4.69, 9.17) is 12.2 Å². The number of H-pyrrole nitrogens is 1. The van der Waals surface area contributed by atoms with Crippen LogP contribution in [0.5, 0.6) is 0 Å². The van der Waals surface area contributed by atoms with Gasteiger partial charge in [-0.3, -0.25) is 14.9 Å². The van der Waals surface area contributed by atoms with E-state index >= 15 is 0 Å². The molecule has 0 radical (unpaired) electrons. The number of aryl methyl sites for hydroxylation is 1. The molecule has 1 aliphatic rings. The lowest BCUT2D eigenvalue weighted by Crippen LogP contribution is -2.29. The summed E-state index contributed by atoms with van der Waals surface area (Å²) in [7, 11) is 0. The van der Waals surface area contributed by atoms with E-state index in [-0.39, 0.29) is 11.8 Å². The van der Waals surface area contributed by atoms with Crippen LogP contribution in [0.1, 0.15) is 23.7 Å². The summed E-state index contributed by atoms with van der Waals surface area (Å²) in [6.45, 7) is 3.08. The van der Waals surface area contributed by atoms with Crippen LogP contribution in [-0.4, -0.2) is 32.2 Å². The minimum absolute atomic E-state index is 0.0765. The molecule has 2 aromatic heterocycles. The number of amides is 1. The number of rotatable bonds is 5. The molecular weight excluding hydrogens is 286 g/mol. The summed E-state index contributed by atoms with van der Waals surface area (Å²) in [5.41, 5.74) is 1.14. The van der Waals surface area contributed by atoms with Crippen molar-refractivity contribution in [3.05, 3.63) is 40.7 Å². The van der Waals surface area contributed by atoms with Crippen molar-refractivity contribution in [2.45, 2.75) is 25.8 Å². The monoisotopic (exact) mass is 303 g/mol. The Balaban J connectivity index is 1.49. The van der Waals surface area contributed by atoms with Crippen molar-refractivity contribution in [1.29, 1.82) is 0 Å². The molecule has 0 aliphatic heterocycles. The van der Waals surface area contributed by atoms with Crippen molar-refractivity contribution >= 4 is 18.1 Å². The molecule has 1 fully saturated rings. The molecule has 6 nitrogen and oxygen atoms in total. The van der Waals surface area contributed by atoms with Crippen molar-refractivity contribution in [1.82, 2.24) is 25.1 Å². The third-order valence-corrected chi connectivity index (χ3v) is 4.14. The highest BCUT2D eigenvalue weighted by Gasteiger charge is 2.43. The van der Waals surface area contributed by atoms with Crippen LogP contribution in [0.15, 0.2) is 24.5 Å². The fourth-order valence-corrected chi connectivity index (χ4v) is 2.80. The lowest BCUT2D eigenvalue weighted by Gasteiger charge is -2.06. The summed E-state index contributed by atoms with van der Waals surface area (Å²) in [5.74, 6) is 1.33. The van der Waals surface area contributed by atoms with E-state index in [9.17, 15) is 4.79 Å². The summed E-state index contributed by atoms with van der Waals surface area (Å²) in [5, 5.41) is 9.74. The van der Waals surface area contributed by atoms with Gasteiger partial charge in [-0.15, -0.1) is 0 Å². The van der Waals surface area contributed by atoms with E-state index in [1.165, 1.54) is 0 Å². The molecule has 0 unspecified atom stereocenters. The summed E-state index contributed by atoms with van der Waals surface area (Å²) in [6, 6.07) is 3.94. The quantitative estimate of drug-likeness (QED) is 0.822. The number of hydrogen-bond acceptors (Lipinski definition) is 4. The summed E-state index contributed by atoms with van der Waals surface area (Å²) in [4.78, 5) is 16.2. The highest BCUT2D eigenvalue weighted by atomic mass is 32.1. The maximum absolute atomic E-state index is 12.1. The highest BCUT2D eigenvalue weighted by Crippen LogP contribution is 2.47. The molecule has 2 atom stereocenters. The number of pyridine rings is 1. The Morgan fingerprint density at radius 2 is 2.48 bits per heavy atom. The average molecular weight is 303 g/mol. The molecule has 2 heterocycles. The fourth-order valence-electron chi connectivity index (χ4n) is 2.53. The van der Waals surface area contributed by atoms with Crippen LogP contribution < -0.4 is 5.32 Å². The van der Waals surface area contributed by atoms with Gasteiger partial charge < -0.3 is 9.88 Å². The van der Waals surface area contributed by atoms with Crippen molar-refractivity contribution < 1.29 is 4.79 Å². The first kappa shape index (κ1) is 13.9. The number of carbonyl (C=O) groups excluding carboxylic acids is 1. The number of aromatic amines is 1. The Morgan fingerprint density at radius 3 is 3.14 bits per heavy atom. The van der Waals surface area contributed by atoms with Gasteiger partial charge in [0.1, 0.15) is 5.82 Å². The second-order valence-corrected chi connectivity index (χ2v) is 5.64. The minimum atomic E-state index is 0.0765. The van der Waals surface area contributed by atoms with Crippen molar-refractivity contribution in [2.24, 2.45) is 5.92 Å². The van der Waals surface area contributed by atoms with Crippen LogP contribution in [-0.2, 0) is 11.3 Å². The van der Waals surface area contributed by atoms with E-state index in [0.717, 1.165) is 17.8 Å². The van der Waals surface area contributed by atoms with Gasteiger partial charge in [0.15, 0.2) is 4.77 Å². The predicted molar refractivity (Wildman–Crippen MR) is 80.2 cm³/mol. The zero-order chi connectivity index (χ0) is 14.8. The molecule has 0 bridgehead atoms. The Morgan fingerprint density at radius 1 is 1.62 bits per heavy atom. The van der Waals surface area contributed by atoms with Crippen LogP contribution in [0, 0.1) is 17.6 Å². The zero-order valence-corrected chi connectivity index (χ0v) is 12.6. The molecule has 0 aromatic carbocycles. The van der Waals surface area contributed by atoms with Crippen LogP contribution >= 0.6 is 12.2 Å². The molecule has 0 spiro atoms. The SMILES string of the molecule is Cc1n[nH]c(=S)n1CCNC(=O)[C@H]1C[C@H]1c1cccnc1. The van der Waals surface area contributed by atoms with Gasteiger partial charge in [-0.25, -0.2) is 0 Å². The van der Waals surface area contributed by atoms with Gasteiger partial charge in [-0.1, -0.05) is 6.07 Å². The molecule has 21 heavy (non-hydrogen) atoms. The molecular formula is C14H17N5OS. The second-order valence-electron chi connectivity index (χ2n) is 5.25. The van der Waals surface area contributed by atoms with Crippen LogP contribution in [0.4, 0.5) is 0 Å². The molecule has 3 rings (SSSR count). The maximum Gasteiger partial charge on any atom is 0.223 e. The van der Waals surface area contributed by atoms with Crippen molar-refractivity contribution in [3.63, 3.8) is 0 Å². The predicted octanol–water partition coefficient (Wildman–Crippen LogP) is 1.56. The summed E-state index contributed by atoms with van der Waals surface area (Å²) in [6.07, 6.45) is 4.49. The second kappa shape index (κ2) is 5.77. The van der Waals surface area contributed by atoms with Gasteiger partial charge in [0.25, 0.3) is 0 Å². The van der Waals surface area contributed by atoms with Gasteiger partial charge >= 0.3 is 0 Å². The molecule has 1 aliphatic carbocycles. The number of hydrogen-bond donors (Lipinski definition) is 2.